The number of methoxy groups -OCH3 is 1. The number of pyridine rings is 1. The molecule has 1 aliphatic heterocycles. The molecule has 7 nitrogen and oxygen atoms in total. The van der Waals surface area contributed by atoms with Crippen molar-refractivity contribution in [3.05, 3.63) is 41.6 Å². The molecule has 1 fully saturated rings. The van der Waals surface area contributed by atoms with Crippen molar-refractivity contribution in [3.63, 3.8) is 0 Å². The number of carbonyl (C=O) groups is 1. The lowest BCUT2D eigenvalue weighted by molar-refractivity contribution is 0.0865. The van der Waals surface area contributed by atoms with Gasteiger partial charge in [0.1, 0.15) is 16.9 Å². The Morgan fingerprint density at radius 2 is 2.36 bits per heavy atom. The van der Waals surface area contributed by atoms with Crippen molar-refractivity contribution in [1.82, 2.24) is 20.3 Å². The summed E-state index contributed by atoms with van der Waals surface area (Å²) < 4.78 is 10.7. The Bertz CT molecular complexity index is 663. The quantitative estimate of drug-likeness (QED) is 0.885. The number of aromatic amines is 1. The molecule has 2 aromatic rings. The Hall–Kier alpha value is -2.41. The van der Waals surface area contributed by atoms with Gasteiger partial charge in [0.15, 0.2) is 0 Å². The van der Waals surface area contributed by atoms with Gasteiger partial charge in [0.25, 0.3) is 5.91 Å². The summed E-state index contributed by atoms with van der Waals surface area (Å²) in [7, 11) is 1.50. The van der Waals surface area contributed by atoms with E-state index in [0.717, 1.165) is 5.69 Å². The van der Waals surface area contributed by atoms with Crippen LogP contribution in [0.2, 0.25) is 0 Å². The summed E-state index contributed by atoms with van der Waals surface area (Å²) in [6, 6.07) is 3.49. The van der Waals surface area contributed by atoms with Gasteiger partial charge in [-0.1, -0.05) is 0 Å². The molecule has 22 heavy (non-hydrogen) atoms. The SMILES string of the molecule is COc1nc(C)ccc1C(=O)NC1(c2ncc[nH]2)CCOC1. The lowest BCUT2D eigenvalue weighted by Gasteiger charge is -2.26. The van der Waals surface area contributed by atoms with Crippen LogP contribution in [0.3, 0.4) is 0 Å². The first-order chi connectivity index (χ1) is 10.6. The molecule has 0 saturated carbocycles. The third-order valence-electron chi connectivity index (χ3n) is 3.76. The van der Waals surface area contributed by atoms with Crippen LogP contribution in [0.1, 0.15) is 28.3 Å². The van der Waals surface area contributed by atoms with Crippen molar-refractivity contribution in [3.8, 4) is 5.88 Å². The zero-order valence-electron chi connectivity index (χ0n) is 12.5. The summed E-state index contributed by atoms with van der Waals surface area (Å²) in [5.41, 5.74) is 0.542. The van der Waals surface area contributed by atoms with E-state index in [1.165, 1.54) is 7.11 Å². The Balaban J connectivity index is 1.89. The molecule has 116 valence electrons. The van der Waals surface area contributed by atoms with E-state index in [1.54, 1.807) is 24.5 Å². The highest BCUT2D eigenvalue weighted by atomic mass is 16.5. The summed E-state index contributed by atoms with van der Waals surface area (Å²) in [4.78, 5) is 24.2. The van der Waals surface area contributed by atoms with Crippen LogP contribution in [-0.4, -0.2) is 41.2 Å². The highest BCUT2D eigenvalue weighted by Gasteiger charge is 2.41. The van der Waals surface area contributed by atoms with Gasteiger partial charge in [-0.25, -0.2) is 9.97 Å². The highest BCUT2D eigenvalue weighted by Crippen LogP contribution is 2.29. The number of hydrogen-bond donors (Lipinski definition) is 2. The van der Waals surface area contributed by atoms with Crippen molar-refractivity contribution in [1.29, 1.82) is 0 Å². The summed E-state index contributed by atoms with van der Waals surface area (Å²) >= 11 is 0. The number of aromatic nitrogens is 3. The van der Waals surface area contributed by atoms with Gasteiger partial charge in [-0.15, -0.1) is 0 Å². The first kappa shape index (κ1) is 14.5. The Labute approximate surface area is 128 Å². The molecule has 1 unspecified atom stereocenters. The van der Waals surface area contributed by atoms with Crippen molar-refractivity contribution in [2.75, 3.05) is 20.3 Å². The molecule has 0 aliphatic carbocycles. The molecular weight excluding hydrogens is 284 g/mol. The zero-order valence-corrected chi connectivity index (χ0v) is 12.5. The van der Waals surface area contributed by atoms with Crippen molar-refractivity contribution in [2.24, 2.45) is 0 Å². The van der Waals surface area contributed by atoms with E-state index >= 15 is 0 Å². The topological polar surface area (TPSA) is 89.1 Å². The molecule has 1 amide bonds. The lowest BCUT2D eigenvalue weighted by atomic mass is 9.97. The second-order valence-corrected chi connectivity index (χ2v) is 5.29. The summed E-state index contributed by atoms with van der Waals surface area (Å²) in [6.45, 7) is 2.80. The molecule has 2 aromatic heterocycles. The minimum Gasteiger partial charge on any atom is -0.480 e. The van der Waals surface area contributed by atoms with Gasteiger partial charge in [0, 0.05) is 31.1 Å². The van der Waals surface area contributed by atoms with E-state index in [0.29, 0.717) is 36.9 Å². The molecule has 1 aliphatic rings. The zero-order chi connectivity index (χ0) is 15.6. The molecule has 2 N–H and O–H groups in total. The predicted octanol–water partition coefficient (Wildman–Crippen LogP) is 1.17. The molecule has 0 bridgehead atoms. The van der Waals surface area contributed by atoms with E-state index < -0.39 is 5.54 Å². The van der Waals surface area contributed by atoms with Crippen LogP contribution < -0.4 is 10.1 Å². The highest BCUT2D eigenvalue weighted by molar-refractivity contribution is 5.96. The number of amides is 1. The minimum atomic E-state index is -0.642. The molecule has 7 heteroatoms. The van der Waals surface area contributed by atoms with Gasteiger partial charge < -0.3 is 19.8 Å². The van der Waals surface area contributed by atoms with E-state index in [-0.39, 0.29) is 5.91 Å². The summed E-state index contributed by atoms with van der Waals surface area (Å²) in [5, 5.41) is 3.03. The Morgan fingerprint density at radius 1 is 1.50 bits per heavy atom. The first-order valence-corrected chi connectivity index (χ1v) is 7.06. The fourth-order valence-corrected chi connectivity index (χ4v) is 2.58. The van der Waals surface area contributed by atoms with Crippen molar-refractivity contribution >= 4 is 5.91 Å². The molecule has 1 saturated heterocycles. The van der Waals surface area contributed by atoms with Gasteiger partial charge in [-0.3, -0.25) is 4.79 Å². The molecule has 1 atom stereocenters. The van der Waals surface area contributed by atoms with Crippen LogP contribution >= 0.6 is 0 Å². The maximum absolute atomic E-state index is 12.7. The number of imidazole rings is 1. The smallest absolute Gasteiger partial charge is 0.257 e. The standard InChI is InChI=1S/C15H18N4O3/c1-10-3-4-11(13(18-10)21-2)12(20)19-15(5-8-22-9-15)14-16-6-7-17-14/h3-4,6-7H,5,8-9H2,1-2H3,(H,16,17)(H,19,20). The number of hydrogen-bond acceptors (Lipinski definition) is 5. The van der Waals surface area contributed by atoms with Crippen LogP contribution in [-0.2, 0) is 10.3 Å². The third kappa shape index (κ3) is 2.55. The second-order valence-electron chi connectivity index (χ2n) is 5.29. The van der Waals surface area contributed by atoms with Crippen LogP contribution in [0.4, 0.5) is 0 Å². The van der Waals surface area contributed by atoms with Crippen LogP contribution in [0.25, 0.3) is 0 Å². The molecule has 3 heterocycles. The maximum Gasteiger partial charge on any atom is 0.257 e. The van der Waals surface area contributed by atoms with Crippen LogP contribution in [0.15, 0.2) is 24.5 Å². The second kappa shape index (κ2) is 5.76. The molecule has 0 radical (unpaired) electrons. The van der Waals surface area contributed by atoms with Gasteiger partial charge in [-0.05, 0) is 19.1 Å². The van der Waals surface area contributed by atoms with E-state index in [1.807, 2.05) is 6.92 Å². The Morgan fingerprint density at radius 3 is 3.00 bits per heavy atom. The fourth-order valence-electron chi connectivity index (χ4n) is 2.58. The number of nitrogens with one attached hydrogen (secondary N) is 2. The average molecular weight is 302 g/mol. The van der Waals surface area contributed by atoms with Gasteiger partial charge in [0.05, 0.1) is 13.7 Å². The third-order valence-corrected chi connectivity index (χ3v) is 3.76. The monoisotopic (exact) mass is 302 g/mol. The van der Waals surface area contributed by atoms with Gasteiger partial charge in [0.2, 0.25) is 5.88 Å². The summed E-state index contributed by atoms with van der Waals surface area (Å²) in [5.74, 6) is 0.745. The van der Waals surface area contributed by atoms with Crippen LogP contribution in [0.5, 0.6) is 5.88 Å². The molecule has 3 rings (SSSR count). The normalized spacial score (nSPS) is 20.8. The summed E-state index contributed by atoms with van der Waals surface area (Å²) in [6.07, 6.45) is 4.05. The predicted molar refractivity (Wildman–Crippen MR) is 78.7 cm³/mol. The van der Waals surface area contributed by atoms with E-state index in [2.05, 4.69) is 20.3 Å². The first-order valence-electron chi connectivity index (χ1n) is 7.06. The fraction of sp³-hybridized carbons (Fsp3) is 0.400. The molecule has 0 aromatic carbocycles. The number of H-pyrrole nitrogens is 1. The number of ether oxygens (including phenoxy) is 2. The van der Waals surface area contributed by atoms with Crippen molar-refractivity contribution in [2.45, 2.75) is 18.9 Å². The largest absolute Gasteiger partial charge is 0.480 e. The van der Waals surface area contributed by atoms with Crippen LogP contribution in [0, 0.1) is 6.92 Å². The molecular formula is C15H18N4O3. The van der Waals surface area contributed by atoms with Gasteiger partial charge in [-0.2, -0.15) is 0 Å². The van der Waals surface area contributed by atoms with Gasteiger partial charge >= 0.3 is 0 Å². The number of nitrogens with zero attached hydrogens (tertiary/aromatic N) is 2. The van der Waals surface area contributed by atoms with E-state index in [9.17, 15) is 4.79 Å². The number of carbonyl (C=O) groups excluding carboxylic acids is 1. The number of rotatable bonds is 4. The molecule has 0 spiro atoms. The number of aryl methyl sites for hydroxylation is 1. The maximum atomic E-state index is 12.7. The minimum absolute atomic E-state index is 0.258. The Kier molecular flexibility index (Phi) is 3.81. The average Bonchev–Trinajstić information content (AvgIpc) is 3.18. The van der Waals surface area contributed by atoms with Crippen molar-refractivity contribution < 1.29 is 14.3 Å². The van der Waals surface area contributed by atoms with E-state index in [4.69, 9.17) is 9.47 Å². The lowest BCUT2D eigenvalue weighted by Crippen LogP contribution is -2.47.